The Morgan fingerprint density at radius 3 is 3.06 bits per heavy atom. The van der Waals surface area contributed by atoms with Gasteiger partial charge < -0.3 is 14.2 Å². The Kier molecular flexibility index (Phi) is 4.30. The van der Waals surface area contributed by atoms with Crippen LogP contribution in [0, 0.1) is 6.92 Å². The number of hydrogen-bond acceptors (Lipinski definition) is 5. The van der Waals surface area contributed by atoms with Crippen molar-refractivity contribution in [2.45, 2.75) is 39.2 Å². The normalized spacial score (nSPS) is 20.1. The summed E-state index contributed by atoms with van der Waals surface area (Å²) in [5.41, 5.74) is 0. The Morgan fingerprint density at radius 2 is 2.39 bits per heavy atom. The van der Waals surface area contributed by atoms with Crippen LogP contribution in [0.25, 0.3) is 0 Å². The molecule has 100 valence electrons. The van der Waals surface area contributed by atoms with Crippen molar-refractivity contribution in [2.75, 3.05) is 19.8 Å². The van der Waals surface area contributed by atoms with Crippen molar-refractivity contribution >= 4 is 5.91 Å². The Hall–Kier alpha value is -1.43. The van der Waals surface area contributed by atoms with Crippen LogP contribution in [-0.4, -0.2) is 40.7 Å². The van der Waals surface area contributed by atoms with E-state index in [1.54, 1.807) is 11.8 Å². The van der Waals surface area contributed by atoms with E-state index in [1.807, 2.05) is 6.92 Å². The zero-order chi connectivity index (χ0) is 13.0. The molecule has 0 saturated carbocycles. The molecule has 18 heavy (non-hydrogen) atoms. The predicted molar refractivity (Wildman–Crippen MR) is 63.8 cm³/mol. The van der Waals surface area contributed by atoms with Gasteiger partial charge in [-0.1, -0.05) is 5.16 Å². The topological polar surface area (TPSA) is 68.5 Å². The molecule has 0 radical (unpaired) electrons. The average molecular weight is 253 g/mol. The molecule has 0 aromatic carbocycles. The fraction of sp³-hybridized carbons (Fsp3) is 0.750. The van der Waals surface area contributed by atoms with Gasteiger partial charge in [0, 0.05) is 13.2 Å². The minimum absolute atomic E-state index is 0.00240. The van der Waals surface area contributed by atoms with Crippen molar-refractivity contribution in [1.29, 1.82) is 0 Å². The van der Waals surface area contributed by atoms with Crippen LogP contribution in [0.3, 0.4) is 0 Å². The van der Waals surface area contributed by atoms with E-state index < -0.39 is 0 Å². The largest absolute Gasteiger partial charge is 0.372 e. The van der Waals surface area contributed by atoms with E-state index in [2.05, 4.69) is 10.1 Å². The molecule has 1 saturated heterocycles. The van der Waals surface area contributed by atoms with E-state index in [1.165, 1.54) is 0 Å². The number of rotatable bonds is 4. The Balaban J connectivity index is 2.08. The van der Waals surface area contributed by atoms with Crippen molar-refractivity contribution in [2.24, 2.45) is 0 Å². The number of amides is 1. The van der Waals surface area contributed by atoms with Gasteiger partial charge in [0.2, 0.25) is 11.8 Å². The molecule has 1 amide bonds. The quantitative estimate of drug-likeness (QED) is 0.812. The first-order chi connectivity index (χ1) is 8.72. The molecule has 1 aromatic rings. The number of likely N-dealkylation sites (tertiary alicyclic amines) is 1. The highest BCUT2D eigenvalue weighted by Gasteiger charge is 2.31. The first-order valence-corrected chi connectivity index (χ1v) is 6.39. The van der Waals surface area contributed by atoms with Crippen LogP contribution in [0.2, 0.25) is 0 Å². The molecule has 1 aliphatic heterocycles. The van der Waals surface area contributed by atoms with Crippen LogP contribution < -0.4 is 0 Å². The van der Waals surface area contributed by atoms with E-state index in [0.29, 0.717) is 18.3 Å². The van der Waals surface area contributed by atoms with Gasteiger partial charge in [0.1, 0.15) is 12.6 Å². The zero-order valence-electron chi connectivity index (χ0n) is 10.9. The molecule has 1 atom stereocenters. The highest BCUT2D eigenvalue weighted by Crippen LogP contribution is 2.29. The van der Waals surface area contributed by atoms with Gasteiger partial charge in [-0.15, -0.1) is 0 Å². The Labute approximate surface area is 106 Å². The fourth-order valence-corrected chi connectivity index (χ4v) is 2.21. The monoisotopic (exact) mass is 253 g/mol. The molecule has 0 N–H and O–H groups in total. The third-order valence-electron chi connectivity index (χ3n) is 3.08. The summed E-state index contributed by atoms with van der Waals surface area (Å²) >= 11 is 0. The van der Waals surface area contributed by atoms with Gasteiger partial charge in [-0.3, -0.25) is 4.79 Å². The predicted octanol–water partition coefficient (Wildman–Crippen LogP) is 1.47. The molecule has 6 nitrogen and oxygen atoms in total. The molecule has 2 rings (SSSR count). The lowest BCUT2D eigenvalue weighted by molar-refractivity contribution is -0.140. The van der Waals surface area contributed by atoms with E-state index in [9.17, 15) is 4.79 Å². The van der Waals surface area contributed by atoms with E-state index in [0.717, 1.165) is 25.8 Å². The number of hydrogen-bond donors (Lipinski definition) is 0. The van der Waals surface area contributed by atoms with Gasteiger partial charge in [0.15, 0.2) is 5.82 Å². The number of carbonyl (C=O) groups is 1. The number of aromatic nitrogens is 2. The maximum Gasteiger partial charge on any atom is 0.249 e. The van der Waals surface area contributed by atoms with Crippen LogP contribution in [0.1, 0.15) is 43.9 Å². The zero-order valence-corrected chi connectivity index (χ0v) is 10.9. The molecule has 1 fully saturated rings. The van der Waals surface area contributed by atoms with Crippen LogP contribution >= 0.6 is 0 Å². The van der Waals surface area contributed by atoms with E-state index in [-0.39, 0.29) is 18.6 Å². The highest BCUT2D eigenvalue weighted by atomic mass is 16.5. The van der Waals surface area contributed by atoms with E-state index in [4.69, 9.17) is 9.26 Å². The summed E-state index contributed by atoms with van der Waals surface area (Å²) in [5, 5.41) is 3.79. The summed E-state index contributed by atoms with van der Waals surface area (Å²) in [6.45, 7) is 5.06. The lowest BCUT2D eigenvalue weighted by Crippen LogP contribution is -2.40. The summed E-state index contributed by atoms with van der Waals surface area (Å²) in [6, 6.07) is -0.0899. The Morgan fingerprint density at radius 1 is 1.56 bits per heavy atom. The lowest BCUT2D eigenvalue weighted by Gasteiger charge is -2.33. The summed E-state index contributed by atoms with van der Waals surface area (Å²) < 4.78 is 10.4. The second-order valence-electron chi connectivity index (χ2n) is 4.42. The molecular formula is C12H19N3O3. The highest BCUT2D eigenvalue weighted by molar-refractivity contribution is 5.78. The number of ether oxygens (including phenoxy) is 1. The van der Waals surface area contributed by atoms with Gasteiger partial charge >= 0.3 is 0 Å². The maximum absolute atomic E-state index is 12.1. The number of piperidine rings is 1. The smallest absolute Gasteiger partial charge is 0.249 e. The first kappa shape index (κ1) is 13.0. The number of carbonyl (C=O) groups excluding carboxylic acids is 1. The summed E-state index contributed by atoms with van der Waals surface area (Å²) in [7, 11) is 0. The minimum atomic E-state index is -0.0899. The summed E-state index contributed by atoms with van der Waals surface area (Å²) in [4.78, 5) is 18.1. The third kappa shape index (κ3) is 2.87. The maximum atomic E-state index is 12.1. The molecule has 0 unspecified atom stereocenters. The molecule has 0 bridgehead atoms. The Bertz CT molecular complexity index is 405. The molecule has 0 spiro atoms. The molecule has 6 heteroatoms. The van der Waals surface area contributed by atoms with E-state index >= 15 is 0 Å². The second kappa shape index (κ2) is 5.95. The van der Waals surface area contributed by atoms with Crippen molar-refractivity contribution in [1.82, 2.24) is 15.0 Å². The van der Waals surface area contributed by atoms with Crippen molar-refractivity contribution < 1.29 is 14.1 Å². The third-order valence-corrected chi connectivity index (χ3v) is 3.08. The first-order valence-electron chi connectivity index (χ1n) is 6.39. The van der Waals surface area contributed by atoms with Crippen molar-refractivity contribution in [3.63, 3.8) is 0 Å². The summed E-state index contributed by atoms with van der Waals surface area (Å²) in [5.74, 6) is 1.14. The molecular weight excluding hydrogens is 234 g/mol. The van der Waals surface area contributed by atoms with Crippen LogP contribution in [-0.2, 0) is 9.53 Å². The van der Waals surface area contributed by atoms with Crippen LogP contribution in [0.4, 0.5) is 0 Å². The second-order valence-corrected chi connectivity index (χ2v) is 4.42. The van der Waals surface area contributed by atoms with Gasteiger partial charge in [0.25, 0.3) is 0 Å². The molecule has 2 heterocycles. The molecule has 0 aliphatic carbocycles. The SMILES string of the molecule is CCOCC(=O)N1CCCC[C@H]1c1nc(C)no1. The number of nitrogens with zero attached hydrogens (tertiary/aromatic N) is 3. The van der Waals surface area contributed by atoms with Crippen LogP contribution in [0.5, 0.6) is 0 Å². The average Bonchev–Trinajstić information content (AvgIpc) is 2.82. The van der Waals surface area contributed by atoms with Gasteiger partial charge in [-0.05, 0) is 33.1 Å². The van der Waals surface area contributed by atoms with Gasteiger partial charge in [0.05, 0.1) is 0 Å². The van der Waals surface area contributed by atoms with Crippen LogP contribution in [0.15, 0.2) is 4.52 Å². The van der Waals surface area contributed by atoms with Gasteiger partial charge in [-0.25, -0.2) is 0 Å². The molecule has 1 aromatic heterocycles. The lowest BCUT2D eigenvalue weighted by atomic mass is 10.0. The number of aryl methyl sites for hydroxylation is 1. The molecule has 1 aliphatic rings. The summed E-state index contributed by atoms with van der Waals surface area (Å²) in [6.07, 6.45) is 2.96. The minimum Gasteiger partial charge on any atom is -0.372 e. The standard InChI is InChI=1S/C12H19N3O3/c1-3-17-8-11(16)15-7-5-4-6-10(15)12-13-9(2)14-18-12/h10H,3-8H2,1-2H3/t10-/m0/s1. The van der Waals surface area contributed by atoms with Gasteiger partial charge in [-0.2, -0.15) is 4.98 Å². The fourth-order valence-electron chi connectivity index (χ4n) is 2.21. The van der Waals surface area contributed by atoms with Crippen molar-refractivity contribution in [3.8, 4) is 0 Å². The van der Waals surface area contributed by atoms with Crippen molar-refractivity contribution in [3.05, 3.63) is 11.7 Å².